The molecule has 1 aliphatic rings. The van der Waals surface area contributed by atoms with Crippen LogP contribution >= 0.6 is 0 Å². The molecule has 0 saturated carbocycles. The van der Waals surface area contributed by atoms with Crippen LogP contribution in [-0.4, -0.2) is 30.1 Å². The summed E-state index contributed by atoms with van der Waals surface area (Å²) in [5.41, 5.74) is 3.59. The molecule has 1 aromatic heterocycles. The molecule has 0 spiro atoms. The zero-order chi connectivity index (χ0) is 15.4. The first-order valence-electron chi connectivity index (χ1n) is 7.75. The Hall–Kier alpha value is -2.07. The topological polar surface area (TPSA) is 34.6 Å². The molecule has 0 saturated heterocycles. The Morgan fingerprint density at radius 1 is 1.00 bits per heavy atom. The molecule has 0 bridgehead atoms. The van der Waals surface area contributed by atoms with Crippen LogP contribution in [-0.2, 0) is 19.5 Å². The molecule has 1 aromatic carbocycles. The van der Waals surface area contributed by atoms with Gasteiger partial charge in [-0.25, -0.2) is 0 Å². The van der Waals surface area contributed by atoms with E-state index in [1.165, 1.54) is 11.1 Å². The number of hydrogen-bond donors (Lipinski definition) is 0. The Bertz CT molecular complexity index is 625. The number of aromatic nitrogens is 1. The minimum absolute atomic E-state index is 0.625. The van der Waals surface area contributed by atoms with Gasteiger partial charge >= 0.3 is 0 Å². The van der Waals surface area contributed by atoms with Crippen molar-refractivity contribution in [2.45, 2.75) is 26.4 Å². The molecule has 1 aliphatic heterocycles. The average molecular weight is 298 g/mol. The van der Waals surface area contributed by atoms with Crippen molar-refractivity contribution in [1.82, 2.24) is 9.88 Å². The third kappa shape index (κ3) is 3.57. The summed E-state index contributed by atoms with van der Waals surface area (Å²) < 4.78 is 11.2. The van der Waals surface area contributed by atoms with Gasteiger partial charge in [0.25, 0.3) is 0 Å². The van der Waals surface area contributed by atoms with Crippen molar-refractivity contribution in [1.29, 1.82) is 0 Å². The Morgan fingerprint density at radius 3 is 2.50 bits per heavy atom. The summed E-state index contributed by atoms with van der Waals surface area (Å²) in [5.74, 6) is 1.69. The summed E-state index contributed by atoms with van der Waals surface area (Å²) in [6.45, 7) is 5.09. The summed E-state index contributed by atoms with van der Waals surface area (Å²) in [6.07, 6.45) is 2.99. The molecule has 4 heteroatoms. The summed E-state index contributed by atoms with van der Waals surface area (Å²) in [7, 11) is 2.10. The summed E-state index contributed by atoms with van der Waals surface area (Å²) in [6, 6.07) is 10.4. The highest BCUT2D eigenvalue weighted by Gasteiger charge is 2.12. The Labute approximate surface area is 131 Å². The van der Waals surface area contributed by atoms with Crippen molar-refractivity contribution in [2.75, 3.05) is 20.3 Å². The van der Waals surface area contributed by atoms with Gasteiger partial charge in [-0.3, -0.25) is 9.88 Å². The van der Waals surface area contributed by atoms with Gasteiger partial charge in [0.2, 0.25) is 0 Å². The monoisotopic (exact) mass is 298 g/mol. The third-order valence-electron chi connectivity index (χ3n) is 3.79. The van der Waals surface area contributed by atoms with Crippen LogP contribution in [0.3, 0.4) is 0 Å². The van der Waals surface area contributed by atoms with E-state index in [0.29, 0.717) is 13.2 Å². The Morgan fingerprint density at radius 2 is 1.77 bits per heavy atom. The van der Waals surface area contributed by atoms with Gasteiger partial charge in [0.05, 0.1) is 5.69 Å². The van der Waals surface area contributed by atoms with Crippen LogP contribution < -0.4 is 9.47 Å². The molecule has 2 aromatic rings. The molecule has 4 nitrogen and oxygen atoms in total. The minimum Gasteiger partial charge on any atom is -0.486 e. The van der Waals surface area contributed by atoms with E-state index in [4.69, 9.17) is 9.47 Å². The zero-order valence-electron chi connectivity index (χ0n) is 13.2. The van der Waals surface area contributed by atoms with Gasteiger partial charge in [-0.15, -0.1) is 0 Å². The fraction of sp³-hybridized carbons (Fsp3) is 0.389. The molecule has 22 heavy (non-hydrogen) atoms. The first kappa shape index (κ1) is 14.9. The Balaban J connectivity index is 1.62. The predicted molar refractivity (Wildman–Crippen MR) is 86.2 cm³/mol. The molecule has 0 fully saturated rings. The van der Waals surface area contributed by atoms with Crippen molar-refractivity contribution in [3.8, 4) is 11.5 Å². The standard InChI is InChI=1S/C18H22N2O2/c1-3-14-4-6-16(19-11-14)13-20(2)12-15-5-7-17-18(10-15)22-9-8-21-17/h4-7,10-11H,3,8-9,12-13H2,1-2H3. The normalized spacial score (nSPS) is 13.4. The van der Waals surface area contributed by atoms with Crippen molar-refractivity contribution in [2.24, 2.45) is 0 Å². The van der Waals surface area contributed by atoms with Crippen LogP contribution in [0.1, 0.15) is 23.7 Å². The number of aryl methyl sites for hydroxylation is 1. The molecule has 0 N–H and O–H groups in total. The smallest absolute Gasteiger partial charge is 0.161 e. The van der Waals surface area contributed by atoms with Crippen molar-refractivity contribution < 1.29 is 9.47 Å². The quantitative estimate of drug-likeness (QED) is 0.850. The van der Waals surface area contributed by atoms with Gasteiger partial charge in [0.1, 0.15) is 13.2 Å². The fourth-order valence-corrected chi connectivity index (χ4v) is 2.59. The highest BCUT2D eigenvalue weighted by Crippen LogP contribution is 2.31. The number of hydrogen-bond acceptors (Lipinski definition) is 4. The molecular formula is C18H22N2O2. The van der Waals surface area contributed by atoms with E-state index in [9.17, 15) is 0 Å². The van der Waals surface area contributed by atoms with Crippen LogP contribution in [0.2, 0.25) is 0 Å². The molecule has 2 heterocycles. The largest absolute Gasteiger partial charge is 0.486 e. The highest BCUT2D eigenvalue weighted by molar-refractivity contribution is 5.43. The van der Waals surface area contributed by atoms with Gasteiger partial charge in [-0.1, -0.05) is 19.1 Å². The maximum Gasteiger partial charge on any atom is 0.161 e. The van der Waals surface area contributed by atoms with Gasteiger partial charge in [-0.2, -0.15) is 0 Å². The summed E-state index contributed by atoms with van der Waals surface area (Å²) in [5, 5.41) is 0. The van der Waals surface area contributed by atoms with E-state index < -0.39 is 0 Å². The molecule has 0 aliphatic carbocycles. The van der Waals surface area contributed by atoms with Crippen LogP contribution in [0.5, 0.6) is 11.5 Å². The number of fused-ring (bicyclic) bond motifs is 1. The zero-order valence-corrected chi connectivity index (χ0v) is 13.2. The second-order valence-corrected chi connectivity index (χ2v) is 5.66. The van der Waals surface area contributed by atoms with Gasteiger partial charge in [0.15, 0.2) is 11.5 Å². The number of pyridine rings is 1. The average Bonchev–Trinajstić information content (AvgIpc) is 2.55. The molecule has 116 valence electrons. The maximum atomic E-state index is 5.63. The lowest BCUT2D eigenvalue weighted by atomic mass is 10.1. The summed E-state index contributed by atoms with van der Waals surface area (Å²) in [4.78, 5) is 6.76. The first-order chi connectivity index (χ1) is 10.7. The highest BCUT2D eigenvalue weighted by atomic mass is 16.6. The third-order valence-corrected chi connectivity index (χ3v) is 3.79. The maximum absolute atomic E-state index is 5.63. The second-order valence-electron chi connectivity index (χ2n) is 5.66. The SMILES string of the molecule is CCc1ccc(CN(C)Cc2ccc3c(c2)OCCO3)nc1. The number of rotatable bonds is 5. The van der Waals surface area contributed by atoms with Crippen LogP contribution in [0.25, 0.3) is 0 Å². The van der Waals surface area contributed by atoms with Crippen molar-refractivity contribution in [3.05, 3.63) is 53.3 Å². The van der Waals surface area contributed by atoms with E-state index in [1.54, 1.807) is 0 Å². The van der Waals surface area contributed by atoms with Crippen molar-refractivity contribution in [3.63, 3.8) is 0 Å². The minimum atomic E-state index is 0.625. The van der Waals surface area contributed by atoms with Gasteiger partial charge < -0.3 is 9.47 Å². The lowest BCUT2D eigenvalue weighted by Gasteiger charge is -2.21. The molecule has 0 atom stereocenters. The molecule has 0 amide bonds. The lowest BCUT2D eigenvalue weighted by molar-refractivity contribution is 0.171. The predicted octanol–water partition coefficient (Wildman–Crippen LogP) is 3.05. The first-order valence-corrected chi connectivity index (χ1v) is 7.75. The van der Waals surface area contributed by atoms with Crippen LogP contribution in [0, 0.1) is 0 Å². The Kier molecular flexibility index (Phi) is 4.59. The van der Waals surface area contributed by atoms with Crippen LogP contribution in [0.15, 0.2) is 36.5 Å². The lowest BCUT2D eigenvalue weighted by Crippen LogP contribution is -2.19. The summed E-state index contributed by atoms with van der Waals surface area (Å²) >= 11 is 0. The number of ether oxygens (including phenoxy) is 2. The number of nitrogens with zero attached hydrogens (tertiary/aromatic N) is 2. The van der Waals surface area contributed by atoms with Gasteiger partial charge in [0, 0.05) is 19.3 Å². The molecular weight excluding hydrogens is 276 g/mol. The number of benzene rings is 1. The van der Waals surface area contributed by atoms with Crippen LogP contribution in [0.4, 0.5) is 0 Å². The fourth-order valence-electron chi connectivity index (χ4n) is 2.59. The van der Waals surface area contributed by atoms with E-state index in [0.717, 1.165) is 36.7 Å². The van der Waals surface area contributed by atoms with E-state index in [-0.39, 0.29) is 0 Å². The van der Waals surface area contributed by atoms with E-state index in [2.05, 4.69) is 48.1 Å². The molecule has 0 radical (unpaired) electrons. The molecule has 3 rings (SSSR count). The van der Waals surface area contributed by atoms with Gasteiger partial charge in [-0.05, 0) is 42.8 Å². The van der Waals surface area contributed by atoms with E-state index >= 15 is 0 Å². The van der Waals surface area contributed by atoms with Crippen molar-refractivity contribution >= 4 is 0 Å². The van der Waals surface area contributed by atoms with E-state index in [1.807, 2.05) is 12.3 Å². The second kappa shape index (κ2) is 6.79. The molecule has 0 unspecified atom stereocenters.